The highest BCUT2D eigenvalue weighted by molar-refractivity contribution is 5.42. The molecule has 1 aliphatic carbocycles. The Kier molecular flexibility index (Phi) is 7.05. The third-order valence-electron chi connectivity index (χ3n) is 4.36. The lowest BCUT2D eigenvalue weighted by atomic mass is 9.71. The molecule has 1 atom stereocenters. The quantitative estimate of drug-likeness (QED) is 0.735. The van der Waals surface area contributed by atoms with E-state index in [0.29, 0.717) is 6.42 Å². The zero-order valence-corrected chi connectivity index (χ0v) is 14.6. The van der Waals surface area contributed by atoms with E-state index in [4.69, 9.17) is 5.11 Å². The highest BCUT2D eigenvalue weighted by atomic mass is 16.3. The number of hydrogen-bond acceptors (Lipinski definition) is 2. The molecule has 0 spiro atoms. The van der Waals surface area contributed by atoms with Crippen LogP contribution >= 0.6 is 0 Å². The summed E-state index contributed by atoms with van der Waals surface area (Å²) in [5, 5.41) is 19.1. The Hall–Kier alpha value is -1.38. The molecule has 0 aromatic carbocycles. The summed E-state index contributed by atoms with van der Waals surface area (Å²) in [5.74, 6) is 0. The van der Waals surface area contributed by atoms with Gasteiger partial charge in [0.15, 0.2) is 0 Å². The molecule has 0 saturated carbocycles. The standard InChI is InChI=1S/C20H30O2/c1-15(7-6-8-16(2)13-14-21)9-11-18-17(3)10-12-19(22)20(18,4)5/h6-11,19,21-22H,12-14H2,1-5H3/b7-6+,15-9+,16-8+,18-11+. The molecule has 1 unspecified atom stereocenters. The maximum absolute atomic E-state index is 10.2. The number of allylic oxidation sites excluding steroid dienone is 7. The van der Waals surface area contributed by atoms with Gasteiger partial charge in [-0.3, -0.25) is 0 Å². The van der Waals surface area contributed by atoms with Crippen LogP contribution in [-0.4, -0.2) is 22.9 Å². The van der Waals surface area contributed by atoms with Crippen molar-refractivity contribution in [2.24, 2.45) is 5.41 Å². The topological polar surface area (TPSA) is 40.5 Å². The molecule has 1 aliphatic rings. The van der Waals surface area contributed by atoms with Gasteiger partial charge in [0.05, 0.1) is 6.10 Å². The van der Waals surface area contributed by atoms with Gasteiger partial charge in [-0.15, -0.1) is 0 Å². The molecule has 0 aromatic heterocycles. The molecule has 2 nitrogen and oxygen atoms in total. The van der Waals surface area contributed by atoms with Crippen molar-refractivity contribution < 1.29 is 10.2 Å². The molecule has 0 saturated heterocycles. The van der Waals surface area contributed by atoms with E-state index in [9.17, 15) is 5.11 Å². The van der Waals surface area contributed by atoms with Crippen molar-refractivity contribution in [3.8, 4) is 0 Å². The summed E-state index contributed by atoms with van der Waals surface area (Å²) in [6.07, 6.45) is 13.6. The average molecular weight is 302 g/mol. The van der Waals surface area contributed by atoms with Gasteiger partial charge in [0.2, 0.25) is 0 Å². The monoisotopic (exact) mass is 302 g/mol. The Morgan fingerprint density at radius 3 is 2.64 bits per heavy atom. The van der Waals surface area contributed by atoms with Crippen molar-refractivity contribution in [1.29, 1.82) is 0 Å². The Morgan fingerprint density at radius 1 is 1.32 bits per heavy atom. The molecule has 0 bridgehead atoms. The average Bonchev–Trinajstić information content (AvgIpc) is 2.43. The molecule has 0 heterocycles. The highest BCUT2D eigenvalue weighted by Crippen LogP contribution is 2.40. The van der Waals surface area contributed by atoms with E-state index < -0.39 is 0 Å². The molecule has 0 aromatic rings. The minimum Gasteiger partial charge on any atom is -0.396 e. The summed E-state index contributed by atoms with van der Waals surface area (Å²) in [5.41, 5.74) is 4.56. The predicted molar refractivity (Wildman–Crippen MR) is 94.6 cm³/mol. The van der Waals surface area contributed by atoms with E-state index in [1.807, 2.05) is 19.1 Å². The van der Waals surface area contributed by atoms with Crippen LogP contribution in [0.3, 0.4) is 0 Å². The molecular weight excluding hydrogens is 272 g/mol. The van der Waals surface area contributed by atoms with E-state index in [1.54, 1.807) is 0 Å². The first-order chi connectivity index (χ1) is 10.3. The molecule has 0 amide bonds. The third kappa shape index (κ3) is 5.11. The van der Waals surface area contributed by atoms with Crippen LogP contribution in [0.2, 0.25) is 0 Å². The van der Waals surface area contributed by atoms with Crippen molar-refractivity contribution in [1.82, 2.24) is 0 Å². The minimum absolute atomic E-state index is 0.195. The van der Waals surface area contributed by atoms with Crippen LogP contribution < -0.4 is 0 Å². The van der Waals surface area contributed by atoms with Crippen molar-refractivity contribution in [3.05, 3.63) is 58.7 Å². The lowest BCUT2D eigenvalue weighted by molar-refractivity contribution is 0.0738. The van der Waals surface area contributed by atoms with Crippen LogP contribution in [0, 0.1) is 5.41 Å². The van der Waals surface area contributed by atoms with Crippen LogP contribution in [0.5, 0.6) is 0 Å². The highest BCUT2D eigenvalue weighted by Gasteiger charge is 2.34. The Morgan fingerprint density at radius 2 is 2.00 bits per heavy atom. The Bertz CT molecular complexity index is 528. The molecule has 2 N–H and O–H groups in total. The molecule has 0 radical (unpaired) electrons. The van der Waals surface area contributed by atoms with Gasteiger partial charge in [0.1, 0.15) is 0 Å². The van der Waals surface area contributed by atoms with Crippen LogP contribution in [0.15, 0.2) is 58.7 Å². The van der Waals surface area contributed by atoms with Crippen LogP contribution in [-0.2, 0) is 0 Å². The summed E-state index contributed by atoms with van der Waals surface area (Å²) >= 11 is 0. The minimum atomic E-state index is -0.323. The lowest BCUT2D eigenvalue weighted by Gasteiger charge is -2.37. The maximum atomic E-state index is 10.2. The normalized spacial score (nSPS) is 25.0. The van der Waals surface area contributed by atoms with E-state index in [0.717, 1.165) is 12.0 Å². The zero-order chi connectivity index (χ0) is 16.8. The smallest absolute Gasteiger partial charge is 0.0666 e. The first-order valence-corrected chi connectivity index (χ1v) is 7.98. The molecule has 2 heteroatoms. The largest absolute Gasteiger partial charge is 0.396 e. The summed E-state index contributed by atoms with van der Waals surface area (Å²) in [4.78, 5) is 0. The number of aliphatic hydroxyl groups excluding tert-OH is 2. The number of hydrogen-bond donors (Lipinski definition) is 2. The van der Waals surface area contributed by atoms with E-state index in [2.05, 4.69) is 52.0 Å². The second kappa shape index (κ2) is 8.30. The van der Waals surface area contributed by atoms with Gasteiger partial charge in [-0.05, 0) is 39.2 Å². The van der Waals surface area contributed by atoms with Gasteiger partial charge in [0, 0.05) is 12.0 Å². The van der Waals surface area contributed by atoms with Gasteiger partial charge in [-0.2, -0.15) is 0 Å². The number of aliphatic hydroxyl groups is 2. The van der Waals surface area contributed by atoms with Crippen molar-refractivity contribution in [2.45, 2.75) is 53.6 Å². The van der Waals surface area contributed by atoms with Gasteiger partial charge in [-0.1, -0.05) is 67.0 Å². The molecule has 22 heavy (non-hydrogen) atoms. The number of rotatable bonds is 5. The summed E-state index contributed by atoms with van der Waals surface area (Å²) in [6.45, 7) is 10.6. The molecule has 122 valence electrons. The SMILES string of the molecule is CC1=CCC(O)C(C)(C)/C1=C/C=C(C)/C=C/C=C(\C)CCO. The fourth-order valence-corrected chi connectivity index (χ4v) is 2.62. The van der Waals surface area contributed by atoms with E-state index in [-0.39, 0.29) is 18.1 Å². The first-order valence-electron chi connectivity index (χ1n) is 7.98. The maximum Gasteiger partial charge on any atom is 0.0666 e. The van der Waals surface area contributed by atoms with Crippen LogP contribution in [0.4, 0.5) is 0 Å². The van der Waals surface area contributed by atoms with Crippen molar-refractivity contribution >= 4 is 0 Å². The first kappa shape index (κ1) is 18.7. The van der Waals surface area contributed by atoms with Crippen LogP contribution in [0.25, 0.3) is 0 Å². The van der Waals surface area contributed by atoms with Crippen molar-refractivity contribution in [3.63, 3.8) is 0 Å². The third-order valence-corrected chi connectivity index (χ3v) is 4.36. The van der Waals surface area contributed by atoms with Gasteiger partial charge >= 0.3 is 0 Å². The summed E-state index contributed by atoms with van der Waals surface area (Å²) in [7, 11) is 0. The Balaban J connectivity index is 2.88. The molecule has 0 aliphatic heterocycles. The fourth-order valence-electron chi connectivity index (χ4n) is 2.62. The summed E-state index contributed by atoms with van der Waals surface area (Å²) in [6, 6.07) is 0. The van der Waals surface area contributed by atoms with Gasteiger partial charge in [-0.25, -0.2) is 0 Å². The van der Waals surface area contributed by atoms with Gasteiger partial charge < -0.3 is 10.2 Å². The second-order valence-corrected chi connectivity index (χ2v) is 6.70. The second-order valence-electron chi connectivity index (χ2n) is 6.70. The lowest BCUT2D eigenvalue weighted by Crippen LogP contribution is -2.34. The molecular formula is C20H30O2. The zero-order valence-electron chi connectivity index (χ0n) is 14.6. The summed E-state index contributed by atoms with van der Waals surface area (Å²) < 4.78 is 0. The fraction of sp³-hybridized carbons (Fsp3) is 0.500. The van der Waals surface area contributed by atoms with Crippen LogP contribution in [0.1, 0.15) is 47.5 Å². The Labute approximate surface area is 135 Å². The van der Waals surface area contributed by atoms with E-state index >= 15 is 0 Å². The van der Waals surface area contributed by atoms with Crippen molar-refractivity contribution in [2.75, 3.05) is 6.61 Å². The molecule has 0 fully saturated rings. The van der Waals surface area contributed by atoms with E-state index in [1.165, 1.54) is 16.7 Å². The van der Waals surface area contributed by atoms with Gasteiger partial charge in [0.25, 0.3) is 0 Å². The molecule has 1 rings (SSSR count). The predicted octanol–water partition coefficient (Wildman–Crippen LogP) is 4.48.